The number of rotatable bonds is 4. The van der Waals surface area contributed by atoms with E-state index >= 15 is 0 Å². The van der Waals surface area contributed by atoms with Crippen LogP contribution < -0.4 is 10.2 Å². The number of nitrogens with zero attached hydrogens (tertiary/aromatic N) is 3. The topological polar surface area (TPSA) is 51.1 Å². The van der Waals surface area contributed by atoms with Crippen LogP contribution in [0.5, 0.6) is 5.75 Å². The minimum Gasteiger partial charge on any atom is -0.508 e. The van der Waals surface area contributed by atoms with E-state index in [1.54, 1.807) is 12.1 Å². The monoisotopic (exact) mass is 484 g/mol. The fourth-order valence-electron chi connectivity index (χ4n) is 3.02. The van der Waals surface area contributed by atoms with Crippen LogP contribution in [0.2, 0.25) is 0 Å². The quantitative estimate of drug-likeness (QED) is 0.397. The first-order valence-electron chi connectivity index (χ1n) is 8.97. The summed E-state index contributed by atoms with van der Waals surface area (Å²) in [5, 5.41) is 12.7. The van der Waals surface area contributed by atoms with E-state index in [0.29, 0.717) is 6.54 Å². The van der Waals surface area contributed by atoms with Gasteiger partial charge in [0.25, 0.3) is 0 Å². The predicted molar refractivity (Wildman–Crippen MR) is 119 cm³/mol. The fraction of sp³-hybridized carbons (Fsp3) is 0.350. The van der Waals surface area contributed by atoms with E-state index in [2.05, 4.69) is 22.0 Å². The molecule has 2 aromatic carbocycles. The number of aliphatic imine (C=N–C) groups is 1. The highest BCUT2D eigenvalue weighted by Crippen LogP contribution is 2.17. The normalized spacial score (nSPS) is 14.7. The number of aromatic hydroxyl groups is 1. The van der Waals surface area contributed by atoms with Crippen molar-refractivity contribution >= 4 is 35.6 Å². The van der Waals surface area contributed by atoms with Gasteiger partial charge in [-0.3, -0.25) is 0 Å². The molecule has 0 atom stereocenters. The molecular formula is C20H26FIN4O. The number of halogens is 2. The maximum Gasteiger partial charge on any atom is 0.194 e. The summed E-state index contributed by atoms with van der Waals surface area (Å²) in [6.07, 6.45) is 0. The van der Waals surface area contributed by atoms with Crippen molar-refractivity contribution in [2.75, 3.05) is 37.6 Å². The van der Waals surface area contributed by atoms with Crippen molar-refractivity contribution in [3.05, 3.63) is 59.9 Å². The average molecular weight is 484 g/mol. The standard InChI is InChI=1S/C20H25FN4O.HI/c1-2-22-20(23-15-16-3-9-19(26)10-4-16)25-13-11-24(12-14-25)18-7-5-17(21)6-8-18;/h3-10,26H,2,11-15H2,1H3,(H,22,23);1H. The Kier molecular flexibility index (Phi) is 8.15. The molecule has 27 heavy (non-hydrogen) atoms. The zero-order chi connectivity index (χ0) is 18.4. The zero-order valence-electron chi connectivity index (χ0n) is 15.4. The Labute approximate surface area is 176 Å². The lowest BCUT2D eigenvalue weighted by atomic mass is 10.2. The van der Waals surface area contributed by atoms with Crippen molar-refractivity contribution in [3.8, 4) is 5.75 Å². The molecule has 3 rings (SSSR count). The third-order valence-corrected chi connectivity index (χ3v) is 4.45. The summed E-state index contributed by atoms with van der Waals surface area (Å²) in [5.74, 6) is 0.962. The van der Waals surface area contributed by atoms with Gasteiger partial charge in [0.1, 0.15) is 11.6 Å². The zero-order valence-corrected chi connectivity index (χ0v) is 17.8. The van der Waals surface area contributed by atoms with Crippen molar-refractivity contribution in [3.63, 3.8) is 0 Å². The molecule has 5 nitrogen and oxygen atoms in total. The molecule has 0 amide bonds. The van der Waals surface area contributed by atoms with Gasteiger partial charge in [0.2, 0.25) is 0 Å². The lowest BCUT2D eigenvalue weighted by Gasteiger charge is -2.37. The third kappa shape index (κ3) is 5.98. The van der Waals surface area contributed by atoms with E-state index in [0.717, 1.165) is 49.9 Å². The minimum absolute atomic E-state index is 0. The SMILES string of the molecule is CCNC(=NCc1ccc(O)cc1)N1CCN(c2ccc(F)cc2)CC1.I. The Morgan fingerprint density at radius 2 is 1.67 bits per heavy atom. The molecular weight excluding hydrogens is 458 g/mol. The first kappa shape index (κ1) is 21.3. The third-order valence-electron chi connectivity index (χ3n) is 4.45. The van der Waals surface area contributed by atoms with E-state index in [4.69, 9.17) is 4.99 Å². The van der Waals surface area contributed by atoms with Crippen LogP contribution in [0, 0.1) is 5.82 Å². The van der Waals surface area contributed by atoms with Gasteiger partial charge in [0.05, 0.1) is 6.54 Å². The maximum atomic E-state index is 13.1. The molecule has 0 radical (unpaired) electrons. The maximum absolute atomic E-state index is 13.1. The van der Waals surface area contributed by atoms with Gasteiger partial charge in [0, 0.05) is 38.4 Å². The molecule has 0 bridgehead atoms. The average Bonchev–Trinajstić information content (AvgIpc) is 2.67. The van der Waals surface area contributed by atoms with Crippen LogP contribution in [0.4, 0.5) is 10.1 Å². The van der Waals surface area contributed by atoms with Gasteiger partial charge < -0.3 is 20.2 Å². The van der Waals surface area contributed by atoms with Crippen LogP contribution in [-0.4, -0.2) is 48.7 Å². The highest BCUT2D eigenvalue weighted by Gasteiger charge is 2.19. The molecule has 1 fully saturated rings. The molecule has 0 unspecified atom stereocenters. The molecule has 7 heteroatoms. The molecule has 1 aliphatic rings. The van der Waals surface area contributed by atoms with E-state index < -0.39 is 0 Å². The van der Waals surface area contributed by atoms with Crippen molar-refractivity contribution in [2.24, 2.45) is 4.99 Å². The largest absolute Gasteiger partial charge is 0.508 e. The summed E-state index contributed by atoms with van der Waals surface area (Å²) >= 11 is 0. The Bertz CT molecular complexity index is 729. The van der Waals surface area contributed by atoms with Crippen molar-refractivity contribution in [1.82, 2.24) is 10.2 Å². The number of hydrogen-bond acceptors (Lipinski definition) is 3. The summed E-state index contributed by atoms with van der Waals surface area (Å²) in [6, 6.07) is 13.8. The first-order valence-corrected chi connectivity index (χ1v) is 8.97. The lowest BCUT2D eigenvalue weighted by molar-refractivity contribution is 0.372. The highest BCUT2D eigenvalue weighted by molar-refractivity contribution is 14.0. The molecule has 1 aliphatic heterocycles. The number of hydrogen-bond donors (Lipinski definition) is 2. The summed E-state index contributed by atoms with van der Waals surface area (Å²) in [5.41, 5.74) is 2.11. The van der Waals surface area contributed by atoms with Crippen LogP contribution in [0.3, 0.4) is 0 Å². The van der Waals surface area contributed by atoms with Crippen molar-refractivity contribution in [2.45, 2.75) is 13.5 Å². The molecule has 0 aromatic heterocycles. The number of phenols is 1. The molecule has 2 N–H and O–H groups in total. The number of phenolic OH excluding ortho intramolecular Hbond substituents is 1. The second-order valence-electron chi connectivity index (χ2n) is 6.29. The summed E-state index contributed by atoms with van der Waals surface area (Å²) < 4.78 is 13.1. The summed E-state index contributed by atoms with van der Waals surface area (Å²) in [7, 11) is 0. The number of benzene rings is 2. The number of guanidine groups is 1. The van der Waals surface area contributed by atoms with Crippen molar-refractivity contribution in [1.29, 1.82) is 0 Å². The van der Waals surface area contributed by atoms with E-state index in [1.807, 2.05) is 24.3 Å². The predicted octanol–water partition coefficient (Wildman–Crippen LogP) is 3.44. The Balaban J connectivity index is 0.00000261. The number of anilines is 1. The molecule has 1 heterocycles. The number of nitrogens with one attached hydrogen (secondary N) is 1. The van der Waals surface area contributed by atoms with E-state index in [-0.39, 0.29) is 35.5 Å². The van der Waals surface area contributed by atoms with Gasteiger partial charge in [0.15, 0.2) is 5.96 Å². The van der Waals surface area contributed by atoms with Crippen LogP contribution in [-0.2, 0) is 6.54 Å². The molecule has 0 saturated carbocycles. The van der Waals surface area contributed by atoms with Gasteiger partial charge >= 0.3 is 0 Å². The Morgan fingerprint density at radius 3 is 2.26 bits per heavy atom. The van der Waals surface area contributed by atoms with Crippen LogP contribution in [0.25, 0.3) is 0 Å². The second kappa shape index (κ2) is 10.3. The van der Waals surface area contributed by atoms with E-state index in [9.17, 15) is 9.50 Å². The number of piperazine rings is 1. The second-order valence-corrected chi connectivity index (χ2v) is 6.29. The van der Waals surface area contributed by atoms with Crippen molar-refractivity contribution < 1.29 is 9.50 Å². The summed E-state index contributed by atoms with van der Waals surface area (Å²) in [4.78, 5) is 9.25. The molecule has 0 spiro atoms. The van der Waals surface area contributed by atoms with Gasteiger partial charge in [-0.25, -0.2) is 9.38 Å². The summed E-state index contributed by atoms with van der Waals surface area (Å²) in [6.45, 7) is 6.90. The Morgan fingerprint density at radius 1 is 1.04 bits per heavy atom. The molecule has 0 aliphatic carbocycles. The van der Waals surface area contributed by atoms with Crippen LogP contribution in [0.15, 0.2) is 53.5 Å². The fourth-order valence-corrected chi connectivity index (χ4v) is 3.02. The van der Waals surface area contributed by atoms with Gasteiger partial charge in [-0.1, -0.05) is 12.1 Å². The Hall–Kier alpha value is -2.03. The minimum atomic E-state index is -0.205. The lowest BCUT2D eigenvalue weighted by Crippen LogP contribution is -2.52. The smallest absolute Gasteiger partial charge is 0.194 e. The molecule has 2 aromatic rings. The highest BCUT2D eigenvalue weighted by atomic mass is 127. The first-order chi connectivity index (χ1) is 12.7. The molecule has 1 saturated heterocycles. The molecule has 146 valence electrons. The van der Waals surface area contributed by atoms with Crippen LogP contribution in [0.1, 0.15) is 12.5 Å². The van der Waals surface area contributed by atoms with Gasteiger partial charge in [-0.05, 0) is 48.9 Å². The van der Waals surface area contributed by atoms with Crippen LogP contribution >= 0.6 is 24.0 Å². The van der Waals surface area contributed by atoms with Gasteiger partial charge in [-0.15, -0.1) is 24.0 Å². The van der Waals surface area contributed by atoms with Gasteiger partial charge in [-0.2, -0.15) is 0 Å². The van der Waals surface area contributed by atoms with E-state index in [1.165, 1.54) is 12.1 Å².